The van der Waals surface area contributed by atoms with Crippen molar-refractivity contribution in [2.75, 3.05) is 50.8 Å². The lowest BCUT2D eigenvalue weighted by Crippen LogP contribution is -2.60. The second kappa shape index (κ2) is 8.69. The van der Waals surface area contributed by atoms with E-state index < -0.39 is 0 Å². The topological polar surface area (TPSA) is 61.8 Å². The minimum absolute atomic E-state index is 0.0415. The SMILES string of the molecule is CCc1ncnc(N2CCN([C@@H]3CCCN(C4CCOCC4)C3=O)CC2)c1F. The quantitative estimate of drug-likeness (QED) is 0.775. The van der Waals surface area contributed by atoms with Crippen LogP contribution in [0.3, 0.4) is 0 Å². The van der Waals surface area contributed by atoms with Crippen molar-refractivity contribution in [2.45, 2.75) is 51.1 Å². The van der Waals surface area contributed by atoms with E-state index in [1.54, 1.807) is 0 Å². The van der Waals surface area contributed by atoms with Gasteiger partial charge in [-0.15, -0.1) is 0 Å². The number of carbonyl (C=O) groups excluding carboxylic acids is 1. The molecular weight excluding hydrogens is 361 g/mol. The number of aromatic nitrogens is 2. The molecule has 4 heterocycles. The molecule has 0 N–H and O–H groups in total. The van der Waals surface area contributed by atoms with E-state index in [2.05, 4.69) is 19.8 Å². The van der Waals surface area contributed by atoms with Gasteiger partial charge in [0.15, 0.2) is 11.6 Å². The van der Waals surface area contributed by atoms with Crippen LogP contribution >= 0.6 is 0 Å². The standard InChI is InChI=1S/C20H30FN5O2/c1-2-16-18(21)19(23-14-22-16)25-10-8-24(9-11-25)17-4-3-7-26(20(17)27)15-5-12-28-13-6-15/h14-15,17H,2-13H2,1H3/t17-/m1/s1. The number of aryl methyl sites for hydroxylation is 1. The number of piperidine rings is 1. The Labute approximate surface area is 165 Å². The van der Waals surface area contributed by atoms with Crippen LogP contribution in [0.15, 0.2) is 6.33 Å². The van der Waals surface area contributed by atoms with Gasteiger partial charge in [0, 0.05) is 52.0 Å². The maximum atomic E-state index is 14.6. The van der Waals surface area contributed by atoms with Crippen molar-refractivity contribution in [3.05, 3.63) is 17.8 Å². The fourth-order valence-corrected chi connectivity index (χ4v) is 4.69. The number of piperazine rings is 1. The molecule has 1 aromatic heterocycles. The van der Waals surface area contributed by atoms with E-state index in [1.165, 1.54) is 6.33 Å². The zero-order valence-corrected chi connectivity index (χ0v) is 16.6. The van der Waals surface area contributed by atoms with Gasteiger partial charge in [-0.2, -0.15) is 0 Å². The van der Waals surface area contributed by atoms with E-state index in [4.69, 9.17) is 4.74 Å². The first kappa shape index (κ1) is 19.5. The predicted molar refractivity (Wildman–Crippen MR) is 104 cm³/mol. The second-order valence-electron chi connectivity index (χ2n) is 7.87. The van der Waals surface area contributed by atoms with Crippen LogP contribution in [0, 0.1) is 5.82 Å². The fraction of sp³-hybridized carbons (Fsp3) is 0.750. The smallest absolute Gasteiger partial charge is 0.240 e. The van der Waals surface area contributed by atoms with Crippen molar-refractivity contribution in [2.24, 2.45) is 0 Å². The zero-order valence-electron chi connectivity index (χ0n) is 16.6. The number of hydrogen-bond donors (Lipinski definition) is 0. The van der Waals surface area contributed by atoms with E-state index in [-0.39, 0.29) is 17.8 Å². The Morgan fingerprint density at radius 3 is 2.57 bits per heavy atom. The van der Waals surface area contributed by atoms with E-state index in [0.29, 0.717) is 37.1 Å². The molecule has 3 saturated heterocycles. The average Bonchev–Trinajstić information content (AvgIpc) is 2.75. The molecule has 0 aromatic carbocycles. The van der Waals surface area contributed by atoms with Gasteiger partial charge in [0.25, 0.3) is 0 Å². The molecule has 154 valence electrons. The molecule has 4 rings (SSSR count). The van der Waals surface area contributed by atoms with Gasteiger partial charge in [0.05, 0.1) is 11.7 Å². The van der Waals surface area contributed by atoms with Crippen LogP contribution in [-0.2, 0) is 16.0 Å². The first-order valence-corrected chi connectivity index (χ1v) is 10.6. The molecule has 0 unspecified atom stereocenters. The molecule has 3 aliphatic heterocycles. The molecule has 1 aromatic rings. The lowest BCUT2D eigenvalue weighted by atomic mass is 9.97. The Hall–Kier alpha value is -1.80. The van der Waals surface area contributed by atoms with E-state index in [0.717, 1.165) is 58.5 Å². The number of hydrogen-bond acceptors (Lipinski definition) is 6. The highest BCUT2D eigenvalue weighted by Crippen LogP contribution is 2.26. The predicted octanol–water partition coefficient (Wildman–Crippen LogP) is 1.47. The molecule has 0 saturated carbocycles. The summed E-state index contributed by atoms with van der Waals surface area (Å²) in [7, 11) is 0. The molecule has 0 aliphatic carbocycles. The van der Waals surface area contributed by atoms with Gasteiger partial charge in [-0.05, 0) is 32.1 Å². The summed E-state index contributed by atoms with van der Waals surface area (Å²) < 4.78 is 20.0. The fourth-order valence-electron chi connectivity index (χ4n) is 4.69. The Balaban J connectivity index is 1.38. The average molecular weight is 391 g/mol. The third-order valence-corrected chi connectivity index (χ3v) is 6.31. The number of halogens is 1. The summed E-state index contributed by atoms with van der Waals surface area (Å²) >= 11 is 0. The first-order valence-electron chi connectivity index (χ1n) is 10.6. The number of rotatable bonds is 4. The number of amides is 1. The Morgan fingerprint density at radius 1 is 1.11 bits per heavy atom. The summed E-state index contributed by atoms with van der Waals surface area (Å²) in [6.45, 7) is 7.13. The summed E-state index contributed by atoms with van der Waals surface area (Å²) in [6.07, 6.45) is 5.85. The molecule has 3 fully saturated rings. The summed E-state index contributed by atoms with van der Waals surface area (Å²) in [6, 6.07) is 0.285. The van der Waals surface area contributed by atoms with Crippen molar-refractivity contribution in [1.82, 2.24) is 19.8 Å². The zero-order chi connectivity index (χ0) is 19.5. The molecule has 3 aliphatic rings. The molecule has 0 radical (unpaired) electrons. The van der Waals surface area contributed by atoms with Crippen molar-refractivity contribution in [1.29, 1.82) is 0 Å². The molecule has 28 heavy (non-hydrogen) atoms. The van der Waals surface area contributed by atoms with Crippen molar-refractivity contribution in [3.63, 3.8) is 0 Å². The number of likely N-dealkylation sites (tertiary alicyclic amines) is 1. The monoisotopic (exact) mass is 391 g/mol. The van der Waals surface area contributed by atoms with Crippen LogP contribution < -0.4 is 4.90 Å². The van der Waals surface area contributed by atoms with Crippen molar-refractivity contribution >= 4 is 11.7 Å². The number of carbonyl (C=O) groups is 1. The third kappa shape index (κ3) is 3.85. The van der Waals surface area contributed by atoms with Crippen LogP contribution in [0.4, 0.5) is 10.2 Å². The largest absolute Gasteiger partial charge is 0.381 e. The maximum absolute atomic E-state index is 14.6. The van der Waals surface area contributed by atoms with Crippen LogP contribution in [0.2, 0.25) is 0 Å². The number of anilines is 1. The highest BCUT2D eigenvalue weighted by Gasteiger charge is 2.38. The minimum Gasteiger partial charge on any atom is -0.381 e. The molecule has 7 nitrogen and oxygen atoms in total. The van der Waals surface area contributed by atoms with E-state index >= 15 is 0 Å². The second-order valence-corrected chi connectivity index (χ2v) is 7.87. The van der Waals surface area contributed by atoms with Crippen LogP contribution in [0.25, 0.3) is 0 Å². The van der Waals surface area contributed by atoms with E-state index in [9.17, 15) is 9.18 Å². The van der Waals surface area contributed by atoms with Gasteiger partial charge in [0.2, 0.25) is 5.91 Å². The Kier molecular flexibility index (Phi) is 6.06. The van der Waals surface area contributed by atoms with Crippen LogP contribution in [0.5, 0.6) is 0 Å². The maximum Gasteiger partial charge on any atom is 0.240 e. The molecule has 1 atom stereocenters. The Bertz CT molecular complexity index is 689. The summed E-state index contributed by atoms with van der Waals surface area (Å²) in [4.78, 5) is 27.7. The molecule has 1 amide bonds. The summed E-state index contributed by atoms with van der Waals surface area (Å²) in [5.41, 5.74) is 0.460. The summed E-state index contributed by atoms with van der Waals surface area (Å²) in [5.74, 6) is 0.358. The normalized spacial score (nSPS) is 25.4. The van der Waals surface area contributed by atoms with Gasteiger partial charge in [0.1, 0.15) is 6.33 Å². The van der Waals surface area contributed by atoms with Crippen molar-refractivity contribution in [3.8, 4) is 0 Å². The lowest BCUT2D eigenvalue weighted by Gasteiger charge is -2.45. The first-order chi connectivity index (χ1) is 13.7. The molecule has 0 bridgehead atoms. The van der Waals surface area contributed by atoms with Crippen LogP contribution in [0.1, 0.15) is 38.3 Å². The van der Waals surface area contributed by atoms with E-state index in [1.807, 2.05) is 11.8 Å². The van der Waals surface area contributed by atoms with Gasteiger partial charge < -0.3 is 14.5 Å². The third-order valence-electron chi connectivity index (χ3n) is 6.31. The van der Waals surface area contributed by atoms with Crippen molar-refractivity contribution < 1.29 is 13.9 Å². The van der Waals surface area contributed by atoms with Gasteiger partial charge in [-0.1, -0.05) is 6.92 Å². The lowest BCUT2D eigenvalue weighted by molar-refractivity contribution is -0.145. The number of nitrogens with zero attached hydrogens (tertiary/aromatic N) is 5. The van der Waals surface area contributed by atoms with Gasteiger partial charge in [-0.25, -0.2) is 14.4 Å². The van der Waals surface area contributed by atoms with Gasteiger partial charge in [-0.3, -0.25) is 9.69 Å². The molecule has 0 spiro atoms. The molecular formula is C20H30FN5O2. The summed E-state index contributed by atoms with van der Waals surface area (Å²) in [5, 5.41) is 0. The Morgan fingerprint density at radius 2 is 1.86 bits per heavy atom. The van der Waals surface area contributed by atoms with Gasteiger partial charge >= 0.3 is 0 Å². The highest BCUT2D eigenvalue weighted by molar-refractivity contribution is 5.83. The highest BCUT2D eigenvalue weighted by atomic mass is 19.1. The van der Waals surface area contributed by atoms with Crippen LogP contribution in [-0.4, -0.2) is 83.7 Å². The minimum atomic E-state index is -0.308. The molecule has 8 heteroatoms. The number of ether oxygens (including phenoxy) is 1.